The van der Waals surface area contributed by atoms with Gasteiger partial charge < -0.3 is 5.32 Å². The van der Waals surface area contributed by atoms with E-state index in [1.807, 2.05) is 48.5 Å². The molecule has 1 N–H and O–H groups in total. The second-order valence-corrected chi connectivity index (χ2v) is 11.1. The second kappa shape index (κ2) is 10.8. The molecule has 1 aliphatic heterocycles. The first kappa shape index (κ1) is 25.6. The van der Waals surface area contributed by atoms with Crippen molar-refractivity contribution in [2.24, 2.45) is 0 Å². The third-order valence-corrected chi connectivity index (χ3v) is 7.23. The van der Waals surface area contributed by atoms with Gasteiger partial charge >= 0.3 is 0 Å². The number of carbonyl (C=O) groups excluding carboxylic acids is 2. The van der Waals surface area contributed by atoms with Crippen LogP contribution in [0, 0.1) is 0 Å². The highest BCUT2D eigenvalue weighted by atomic mass is 16.1. The van der Waals surface area contributed by atoms with Crippen molar-refractivity contribution >= 4 is 17.4 Å². The van der Waals surface area contributed by atoms with Crippen LogP contribution in [0.5, 0.6) is 0 Å². The molecule has 0 radical (unpaired) electrons. The molecule has 1 aliphatic rings. The molecule has 4 heteroatoms. The Morgan fingerprint density at radius 3 is 2.16 bits per heavy atom. The number of hydrogen-bond donors (Lipinski definition) is 1. The molecular formula is C34H34N2O2. The number of anilines is 1. The molecule has 0 aromatic heterocycles. The maximum atomic E-state index is 13.1. The highest BCUT2D eigenvalue weighted by Gasteiger charge is 2.17. The minimum Gasteiger partial charge on any atom is -0.322 e. The third-order valence-electron chi connectivity index (χ3n) is 7.23. The molecule has 4 nitrogen and oxygen atoms in total. The van der Waals surface area contributed by atoms with E-state index in [-0.39, 0.29) is 17.1 Å². The van der Waals surface area contributed by atoms with Gasteiger partial charge in [-0.25, -0.2) is 0 Å². The second-order valence-electron chi connectivity index (χ2n) is 11.1. The Hall–Kier alpha value is -4.02. The fourth-order valence-electron chi connectivity index (χ4n) is 4.94. The lowest BCUT2D eigenvalue weighted by Gasteiger charge is -2.28. The van der Waals surface area contributed by atoms with Crippen molar-refractivity contribution in [3.8, 4) is 0 Å². The van der Waals surface area contributed by atoms with Crippen LogP contribution in [0.4, 0.5) is 5.69 Å². The SMILES string of the molecule is CC(C)(C)c1ccc(C(=O)c2cccc(NC(=O)c3ccc(CN4CCc5ccccc5C4)cc3)c2)cc1. The predicted molar refractivity (Wildman–Crippen MR) is 154 cm³/mol. The molecule has 0 bridgehead atoms. The van der Waals surface area contributed by atoms with E-state index in [9.17, 15) is 9.59 Å². The summed E-state index contributed by atoms with van der Waals surface area (Å²) in [4.78, 5) is 28.4. The van der Waals surface area contributed by atoms with E-state index in [1.165, 1.54) is 22.3 Å². The Kier molecular flexibility index (Phi) is 7.26. The molecule has 1 heterocycles. The molecule has 0 aliphatic carbocycles. The Bertz CT molecular complexity index is 1450. The van der Waals surface area contributed by atoms with E-state index >= 15 is 0 Å². The van der Waals surface area contributed by atoms with Crippen molar-refractivity contribution < 1.29 is 9.59 Å². The highest BCUT2D eigenvalue weighted by Crippen LogP contribution is 2.24. The molecule has 0 saturated heterocycles. The average molecular weight is 503 g/mol. The summed E-state index contributed by atoms with van der Waals surface area (Å²) in [5, 5.41) is 2.94. The number of nitrogens with one attached hydrogen (secondary N) is 1. The Labute approximate surface area is 225 Å². The summed E-state index contributed by atoms with van der Waals surface area (Å²) >= 11 is 0. The van der Waals surface area contributed by atoms with Gasteiger partial charge in [0.15, 0.2) is 5.78 Å². The van der Waals surface area contributed by atoms with Crippen LogP contribution in [0.2, 0.25) is 0 Å². The number of amides is 1. The smallest absolute Gasteiger partial charge is 0.255 e. The number of fused-ring (bicyclic) bond motifs is 1. The zero-order chi connectivity index (χ0) is 26.7. The lowest BCUT2D eigenvalue weighted by Crippen LogP contribution is -2.29. The molecule has 0 saturated carbocycles. The summed E-state index contributed by atoms with van der Waals surface area (Å²) in [5.74, 6) is -0.256. The van der Waals surface area contributed by atoms with Gasteiger partial charge in [-0.3, -0.25) is 14.5 Å². The van der Waals surface area contributed by atoms with Crippen molar-refractivity contribution in [1.82, 2.24) is 4.90 Å². The molecule has 5 rings (SSSR count). The maximum Gasteiger partial charge on any atom is 0.255 e. The Morgan fingerprint density at radius 1 is 0.763 bits per heavy atom. The van der Waals surface area contributed by atoms with E-state index in [0.717, 1.165) is 26.1 Å². The van der Waals surface area contributed by atoms with Crippen molar-refractivity contribution in [2.45, 2.75) is 45.7 Å². The summed E-state index contributed by atoms with van der Waals surface area (Å²) in [6.07, 6.45) is 1.07. The van der Waals surface area contributed by atoms with E-state index in [0.29, 0.717) is 22.4 Å². The van der Waals surface area contributed by atoms with Crippen molar-refractivity contribution in [3.05, 3.63) is 136 Å². The molecule has 4 aromatic rings. The first-order valence-electron chi connectivity index (χ1n) is 13.2. The summed E-state index contributed by atoms with van der Waals surface area (Å²) in [5.41, 5.74) is 7.62. The van der Waals surface area contributed by atoms with Gasteiger partial charge in [0.1, 0.15) is 0 Å². The van der Waals surface area contributed by atoms with Crippen LogP contribution in [0.3, 0.4) is 0 Å². The number of carbonyl (C=O) groups is 2. The minimum absolute atomic E-state index is 0.0315. The quantitative estimate of drug-likeness (QED) is 0.288. The molecule has 1 amide bonds. The molecule has 0 unspecified atom stereocenters. The fourth-order valence-corrected chi connectivity index (χ4v) is 4.94. The van der Waals surface area contributed by atoms with E-state index in [4.69, 9.17) is 0 Å². The van der Waals surface area contributed by atoms with Gasteiger partial charge in [0.2, 0.25) is 0 Å². The Balaban J connectivity index is 1.21. The van der Waals surface area contributed by atoms with E-state index in [2.05, 4.69) is 55.3 Å². The highest BCUT2D eigenvalue weighted by molar-refractivity contribution is 6.10. The van der Waals surface area contributed by atoms with Gasteiger partial charge in [0.05, 0.1) is 0 Å². The van der Waals surface area contributed by atoms with Crippen LogP contribution in [-0.2, 0) is 24.9 Å². The third kappa shape index (κ3) is 5.92. The van der Waals surface area contributed by atoms with Gasteiger partial charge in [-0.15, -0.1) is 0 Å². The summed E-state index contributed by atoms with van der Waals surface area (Å²) in [7, 11) is 0. The predicted octanol–water partition coefficient (Wildman–Crippen LogP) is 7.03. The number of benzene rings is 4. The van der Waals surface area contributed by atoms with E-state index < -0.39 is 0 Å². The average Bonchev–Trinajstić information content (AvgIpc) is 2.93. The van der Waals surface area contributed by atoms with Gasteiger partial charge in [-0.2, -0.15) is 0 Å². The fraction of sp³-hybridized carbons (Fsp3) is 0.235. The topological polar surface area (TPSA) is 49.4 Å². The number of nitrogens with zero attached hydrogens (tertiary/aromatic N) is 1. The zero-order valence-electron chi connectivity index (χ0n) is 22.3. The summed E-state index contributed by atoms with van der Waals surface area (Å²) in [6, 6.07) is 31.3. The van der Waals surface area contributed by atoms with Crippen molar-refractivity contribution in [3.63, 3.8) is 0 Å². The number of hydrogen-bond acceptors (Lipinski definition) is 3. The molecule has 4 aromatic carbocycles. The van der Waals surface area contributed by atoms with Gasteiger partial charge in [0, 0.05) is 42.0 Å². The lowest BCUT2D eigenvalue weighted by atomic mass is 9.86. The van der Waals surface area contributed by atoms with Crippen molar-refractivity contribution in [2.75, 3.05) is 11.9 Å². The molecular weight excluding hydrogens is 468 g/mol. The molecule has 0 spiro atoms. The number of rotatable bonds is 6. The monoisotopic (exact) mass is 502 g/mol. The van der Waals surface area contributed by atoms with Crippen LogP contribution in [0.25, 0.3) is 0 Å². The number of ketones is 1. The first-order chi connectivity index (χ1) is 18.3. The normalized spacial score (nSPS) is 13.6. The van der Waals surface area contributed by atoms with Crippen LogP contribution in [0.1, 0.15) is 69.3 Å². The van der Waals surface area contributed by atoms with Crippen LogP contribution >= 0.6 is 0 Å². The lowest BCUT2D eigenvalue weighted by molar-refractivity contribution is 0.102. The summed E-state index contributed by atoms with van der Waals surface area (Å²) in [6.45, 7) is 9.30. The summed E-state index contributed by atoms with van der Waals surface area (Å²) < 4.78 is 0. The Morgan fingerprint density at radius 2 is 1.45 bits per heavy atom. The minimum atomic E-state index is -0.192. The standard InChI is InChI=1S/C34H34N2O2/c1-34(2,3)30-17-15-26(16-18-30)32(37)28-9-6-10-31(21-28)35-33(38)27-13-11-24(12-14-27)22-36-20-19-25-7-4-5-8-29(25)23-36/h4-18,21H,19-20,22-23H2,1-3H3,(H,35,38). The van der Waals surface area contributed by atoms with Crippen molar-refractivity contribution in [1.29, 1.82) is 0 Å². The van der Waals surface area contributed by atoms with Crippen LogP contribution in [-0.4, -0.2) is 23.1 Å². The first-order valence-corrected chi connectivity index (χ1v) is 13.2. The van der Waals surface area contributed by atoms with Gasteiger partial charge in [-0.1, -0.05) is 93.6 Å². The maximum absolute atomic E-state index is 13.1. The van der Waals surface area contributed by atoms with Gasteiger partial charge in [-0.05, 0) is 58.4 Å². The molecule has 0 atom stereocenters. The zero-order valence-corrected chi connectivity index (χ0v) is 22.3. The van der Waals surface area contributed by atoms with Crippen LogP contribution < -0.4 is 5.32 Å². The molecule has 192 valence electrons. The van der Waals surface area contributed by atoms with Gasteiger partial charge in [0.25, 0.3) is 5.91 Å². The van der Waals surface area contributed by atoms with Crippen LogP contribution in [0.15, 0.2) is 97.1 Å². The largest absolute Gasteiger partial charge is 0.322 e. The molecule has 0 fully saturated rings. The molecule has 38 heavy (non-hydrogen) atoms. The van der Waals surface area contributed by atoms with E-state index in [1.54, 1.807) is 24.3 Å².